The first-order valence-electron chi connectivity index (χ1n) is 1.67. The molecule has 0 fully saturated rings. The molecule has 0 amide bonds. The summed E-state index contributed by atoms with van der Waals surface area (Å²) < 4.78 is 0. The molecule has 0 N–H and O–H groups in total. The van der Waals surface area contributed by atoms with Gasteiger partial charge in [-0.2, -0.15) is 0 Å². The van der Waals surface area contributed by atoms with Crippen LogP contribution in [0.3, 0.4) is 0 Å². The molecule has 0 aromatic carbocycles. The van der Waals surface area contributed by atoms with Gasteiger partial charge in [0.2, 0.25) is 0 Å². The second-order valence-corrected chi connectivity index (χ2v) is 0.770. The van der Waals surface area contributed by atoms with Crippen LogP contribution in [0.2, 0.25) is 0 Å². The molecule has 0 aliphatic carbocycles. The maximum Gasteiger partial charge on any atom is -0.0623 e. The van der Waals surface area contributed by atoms with Crippen LogP contribution in [-0.2, 0) is 0 Å². The van der Waals surface area contributed by atoms with Gasteiger partial charge in [-0.3, -0.25) is 0 Å². The molecule has 0 aromatic heterocycles. The average molecular weight is 78.1 g/mol. The van der Waals surface area contributed by atoms with Crippen molar-refractivity contribution in [1.82, 2.24) is 0 Å². The SMILES string of the molecule is [CH]=CC=CC=[CH]. The Morgan fingerprint density at radius 2 is 1.17 bits per heavy atom. The van der Waals surface area contributed by atoms with Gasteiger partial charge >= 0.3 is 0 Å². The molecule has 0 spiro atoms. The standard InChI is InChI=1S/C6H6/c1-3-5-6-4-2/h1-6H. The Balaban J connectivity index is 3.17. The van der Waals surface area contributed by atoms with Gasteiger partial charge in [0.1, 0.15) is 0 Å². The van der Waals surface area contributed by atoms with Crippen molar-refractivity contribution in [3.63, 3.8) is 0 Å². The molecule has 0 nitrogen and oxygen atoms in total. The molecule has 6 heavy (non-hydrogen) atoms. The summed E-state index contributed by atoms with van der Waals surface area (Å²) in [6, 6.07) is 0. The molecule has 0 heteroatoms. The Kier molecular flexibility index (Phi) is 3.67. The maximum atomic E-state index is 4.93. The summed E-state index contributed by atoms with van der Waals surface area (Å²) in [4.78, 5) is 0. The van der Waals surface area contributed by atoms with E-state index < -0.39 is 0 Å². The maximum absolute atomic E-state index is 4.93. The highest BCUT2D eigenvalue weighted by atomic mass is 13.5. The number of allylic oxidation sites excluding steroid dienone is 4. The van der Waals surface area contributed by atoms with E-state index in [0.717, 1.165) is 0 Å². The monoisotopic (exact) mass is 78.0 g/mol. The smallest absolute Gasteiger partial charge is 0.0623 e. The summed E-state index contributed by atoms with van der Waals surface area (Å²) in [7, 11) is 0. The highest BCUT2D eigenvalue weighted by molar-refractivity contribution is 5.03. The van der Waals surface area contributed by atoms with E-state index in [9.17, 15) is 0 Å². The molecule has 0 saturated heterocycles. The van der Waals surface area contributed by atoms with Crippen molar-refractivity contribution in [2.24, 2.45) is 0 Å². The van der Waals surface area contributed by atoms with E-state index in [1.165, 1.54) is 12.2 Å². The van der Waals surface area contributed by atoms with Crippen molar-refractivity contribution in [2.45, 2.75) is 0 Å². The van der Waals surface area contributed by atoms with Gasteiger partial charge < -0.3 is 0 Å². The quantitative estimate of drug-likeness (QED) is 0.439. The number of rotatable bonds is 2. The first kappa shape index (κ1) is 5.22. The third-order valence-corrected chi connectivity index (χ3v) is 0.333. The van der Waals surface area contributed by atoms with Crippen LogP contribution in [0.5, 0.6) is 0 Å². The fourth-order valence-electron chi connectivity index (χ4n) is 0.128. The van der Waals surface area contributed by atoms with Crippen LogP contribution < -0.4 is 0 Å². The third kappa shape index (κ3) is 3.22. The molecule has 0 aromatic rings. The molecule has 30 valence electrons. The lowest BCUT2D eigenvalue weighted by Crippen LogP contribution is -1.38. The minimum absolute atomic E-state index is 1.42. The first-order chi connectivity index (χ1) is 2.91. The lowest BCUT2D eigenvalue weighted by molar-refractivity contribution is 1.95. The number of hydrogen-bond donors (Lipinski definition) is 0. The molecule has 0 heterocycles. The van der Waals surface area contributed by atoms with Crippen molar-refractivity contribution in [2.75, 3.05) is 0 Å². The van der Waals surface area contributed by atoms with Crippen LogP contribution in [0.4, 0.5) is 0 Å². The van der Waals surface area contributed by atoms with Crippen LogP contribution in [0.25, 0.3) is 0 Å². The molecule has 0 aliphatic heterocycles. The minimum Gasteiger partial charge on any atom is -0.0623 e. The Bertz CT molecular complexity index is 58.1. The molecular formula is C6H6. The van der Waals surface area contributed by atoms with Gasteiger partial charge in [-0.1, -0.05) is 37.5 Å². The first-order valence-corrected chi connectivity index (χ1v) is 1.67. The summed E-state index contributed by atoms with van der Waals surface area (Å²) in [5.74, 6) is 0. The van der Waals surface area contributed by atoms with Gasteiger partial charge in [0.15, 0.2) is 0 Å². The van der Waals surface area contributed by atoms with Crippen molar-refractivity contribution in [1.29, 1.82) is 0 Å². The van der Waals surface area contributed by atoms with E-state index in [0.29, 0.717) is 0 Å². The molecule has 0 saturated carbocycles. The topological polar surface area (TPSA) is 0 Å². The zero-order chi connectivity index (χ0) is 4.83. The Labute approximate surface area is 38.5 Å². The van der Waals surface area contributed by atoms with Gasteiger partial charge in [-0.25, -0.2) is 0 Å². The van der Waals surface area contributed by atoms with Crippen LogP contribution in [0, 0.1) is 13.2 Å². The van der Waals surface area contributed by atoms with Crippen LogP contribution in [0.1, 0.15) is 0 Å². The average Bonchev–Trinajstić information content (AvgIpc) is 1.61. The van der Waals surface area contributed by atoms with E-state index in [4.69, 9.17) is 13.2 Å². The minimum atomic E-state index is 1.42. The Morgan fingerprint density at radius 3 is 1.33 bits per heavy atom. The summed E-state index contributed by atoms with van der Waals surface area (Å²) in [5, 5.41) is 0. The van der Waals surface area contributed by atoms with Gasteiger partial charge in [0.05, 0.1) is 0 Å². The third-order valence-electron chi connectivity index (χ3n) is 0.333. The second-order valence-electron chi connectivity index (χ2n) is 0.770. The molecular weight excluding hydrogens is 72.1 g/mol. The van der Waals surface area contributed by atoms with E-state index in [1.54, 1.807) is 12.2 Å². The van der Waals surface area contributed by atoms with Gasteiger partial charge in [-0.15, -0.1) is 0 Å². The summed E-state index contributed by atoms with van der Waals surface area (Å²) in [6.45, 7) is 9.85. The van der Waals surface area contributed by atoms with Crippen LogP contribution >= 0.6 is 0 Å². The second kappa shape index (κ2) is 4.22. The van der Waals surface area contributed by atoms with Crippen molar-refractivity contribution < 1.29 is 0 Å². The lowest BCUT2D eigenvalue weighted by Gasteiger charge is -1.60. The molecule has 0 bridgehead atoms. The fraction of sp³-hybridized carbons (Fsp3) is 0. The largest absolute Gasteiger partial charge is 0.0623 e. The summed E-state index contributed by atoms with van der Waals surface area (Å²) in [6.07, 6.45) is 6.15. The predicted octanol–water partition coefficient (Wildman–Crippen LogP) is 1.52. The normalized spacial score (nSPS) is 8.67. The van der Waals surface area contributed by atoms with Crippen LogP contribution in [0.15, 0.2) is 24.3 Å². The molecule has 0 aliphatic rings. The van der Waals surface area contributed by atoms with Crippen molar-refractivity contribution in [3.05, 3.63) is 37.5 Å². The number of hydrogen-bond acceptors (Lipinski definition) is 0. The Morgan fingerprint density at radius 1 is 0.833 bits per heavy atom. The van der Waals surface area contributed by atoms with Gasteiger partial charge in [-0.05, 0) is 0 Å². The highest BCUT2D eigenvalue weighted by Crippen LogP contribution is 1.69. The van der Waals surface area contributed by atoms with Gasteiger partial charge in [0.25, 0.3) is 0 Å². The van der Waals surface area contributed by atoms with Crippen molar-refractivity contribution >= 4 is 0 Å². The lowest BCUT2D eigenvalue weighted by atomic mass is 10.5. The molecule has 2 radical (unpaired) electrons. The van der Waals surface area contributed by atoms with E-state index in [2.05, 4.69) is 0 Å². The Hall–Kier alpha value is -0.780. The molecule has 0 unspecified atom stereocenters. The van der Waals surface area contributed by atoms with E-state index in [-0.39, 0.29) is 0 Å². The predicted molar refractivity (Wildman–Crippen MR) is 26.9 cm³/mol. The van der Waals surface area contributed by atoms with E-state index >= 15 is 0 Å². The fourth-order valence-corrected chi connectivity index (χ4v) is 0.128. The molecule has 0 rings (SSSR count). The molecule has 0 atom stereocenters. The zero-order valence-electron chi connectivity index (χ0n) is 3.46. The highest BCUT2D eigenvalue weighted by Gasteiger charge is 1.47. The van der Waals surface area contributed by atoms with Crippen molar-refractivity contribution in [3.8, 4) is 0 Å². The van der Waals surface area contributed by atoms with E-state index in [1.807, 2.05) is 0 Å². The summed E-state index contributed by atoms with van der Waals surface area (Å²) in [5.41, 5.74) is 0. The van der Waals surface area contributed by atoms with Crippen LogP contribution in [-0.4, -0.2) is 0 Å². The summed E-state index contributed by atoms with van der Waals surface area (Å²) >= 11 is 0. The van der Waals surface area contributed by atoms with Gasteiger partial charge in [0, 0.05) is 0 Å². The zero-order valence-corrected chi connectivity index (χ0v) is 3.46.